The van der Waals surface area contributed by atoms with E-state index in [-0.39, 0.29) is 11.4 Å². The molecule has 0 saturated carbocycles. The van der Waals surface area contributed by atoms with Crippen LogP contribution >= 0.6 is 15.9 Å². The van der Waals surface area contributed by atoms with Crippen LogP contribution in [0.2, 0.25) is 0 Å². The van der Waals surface area contributed by atoms with E-state index in [4.69, 9.17) is 5.73 Å². The number of hydrogen-bond donors (Lipinski definition) is 2. The number of hydrogen-bond acceptors (Lipinski definition) is 3. The molecule has 1 atom stereocenters. The lowest BCUT2D eigenvalue weighted by molar-refractivity contribution is 0.214. The number of nitrogens with zero attached hydrogens (tertiary/aromatic N) is 1. The number of aliphatic hydroxyl groups is 1. The number of rotatable bonds is 2. The van der Waals surface area contributed by atoms with Crippen LogP contribution in [-0.4, -0.2) is 10.1 Å². The second-order valence-corrected chi connectivity index (χ2v) is 4.37. The highest BCUT2D eigenvalue weighted by atomic mass is 79.9. The van der Waals surface area contributed by atoms with E-state index in [1.165, 1.54) is 12.3 Å². The Morgan fingerprint density at radius 2 is 2.06 bits per heavy atom. The zero-order chi connectivity index (χ0) is 12.4. The van der Waals surface area contributed by atoms with Crippen LogP contribution in [-0.2, 0) is 0 Å². The monoisotopic (exact) mass is 296 g/mol. The molecular weight excluding hydrogens is 287 g/mol. The van der Waals surface area contributed by atoms with Crippen LogP contribution in [0.4, 0.5) is 10.2 Å². The molecule has 1 aromatic heterocycles. The van der Waals surface area contributed by atoms with Gasteiger partial charge in [-0.1, -0.05) is 28.1 Å². The van der Waals surface area contributed by atoms with Crippen molar-refractivity contribution >= 4 is 21.7 Å². The molecule has 0 aliphatic carbocycles. The molecule has 0 radical (unpaired) electrons. The van der Waals surface area contributed by atoms with E-state index in [9.17, 15) is 9.50 Å². The average Bonchev–Trinajstić information content (AvgIpc) is 2.29. The molecule has 88 valence electrons. The van der Waals surface area contributed by atoms with Crippen LogP contribution in [0.25, 0.3) is 0 Å². The molecule has 0 amide bonds. The highest BCUT2D eigenvalue weighted by Crippen LogP contribution is 2.32. The van der Waals surface area contributed by atoms with Crippen molar-refractivity contribution in [2.45, 2.75) is 6.10 Å². The van der Waals surface area contributed by atoms with Crippen LogP contribution in [0, 0.1) is 5.82 Å². The highest BCUT2D eigenvalue weighted by Gasteiger charge is 2.20. The summed E-state index contributed by atoms with van der Waals surface area (Å²) in [4.78, 5) is 3.87. The summed E-state index contributed by atoms with van der Waals surface area (Å²) in [5.41, 5.74) is 6.20. The third kappa shape index (κ3) is 2.30. The molecule has 5 heteroatoms. The van der Waals surface area contributed by atoms with Crippen molar-refractivity contribution in [1.29, 1.82) is 0 Å². The van der Waals surface area contributed by atoms with Crippen molar-refractivity contribution in [3.05, 3.63) is 57.9 Å². The van der Waals surface area contributed by atoms with Gasteiger partial charge in [-0.15, -0.1) is 0 Å². The van der Waals surface area contributed by atoms with Crippen LogP contribution in [0.5, 0.6) is 0 Å². The second kappa shape index (κ2) is 4.81. The van der Waals surface area contributed by atoms with Gasteiger partial charge in [0.2, 0.25) is 0 Å². The fraction of sp³-hybridized carbons (Fsp3) is 0.0833. The number of pyridine rings is 1. The van der Waals surface area contributed by atoms with Crippen molar-refractivity contribution in [2.24, 2.45) is 0 Å². The molecule has 2 rings (SSSR count). The minimum absolute atomic E-state index is 0.159. The standard InChI is InChI=1S/C12H10BrFN2O/c13-8-4-1-5-9(14)10(8)11(17)7-3-2-6-16-12(7)15/h1-6,11,17H,(H2,15,16). The van der Waals surface area contributed by atoms with E-state index < -0.39 is 11.9 Å². The third-order valence-electron chi connectivity index (χ3n) is 2.44. The van der Waals surface area contributed by atoms with Gasteiger partial charge in [0.15, 0.2) is 0 Å². The van der Waals surface area contributed by atoms with Crippen molar-refractivity contribution in [3.8, 4) is 0 Å². The van der Waals surface area contributed by atoms with Gasteiger partial charge in [-0.2, -0.15) is 0 Å². The van der Waals surface area contributed by atoms with E-state index in [1.54, 1.807) is 24.3 Å². The second-order valence-electron chi connectivity index (χ2n) is 3.52. The number of aromatic nitrogens is 1. The quantitative estimate of drug-likeness (QED) is 0.896. The average molecular weight is 297 g/mol. The first kappa shape index (κ1) is 12.0. The molecule has 0 aliphatic rings. The molecule has 1 heterocycles. The topological polar surface area (TPSA) is 59.1 Å². The predicted molar refractivity (Wildman–Crippen MR) is 66.8 cm³/mol. The number of nitrogens with two attached hydrogens (primary N) is 1. The summed E-state index contributed by atoms with van der Waals surface area (Å²) in [5, 5.41) is 10.1. The van der Waals surface area contributed by atoms with Gasteiger partial charge in [-0.3, -0.25) is 0 Å². The van der Waals surface area contributed by atoms with Crippen molar-refractivity contribution in [1.82, 2.24) is 4.98 Å². The van der Waals surface area contributed by atoms with Crippen molar-refractivity contribution < 1.29 is 9.50 Å². The maximum Gasteiger partial charge on any atom is 0.130 e. The van der Waals surface area contributed by atoms with Gasteiger partial charge in [0.1, 0.15) is 17.7 Å². The largest absolute Gasteiger partial charge is 0.383 e. The Labute approximate surface area is 106 Å². The van der Waals surface area contributed by atoms with Gasteiger partial charge in [0.05, 0.1) is 0 Å². The maximum absolute atomic E-state index is 13.7. The molecule has 0 fully saturated rings. The lowest BCUT2D eigenvalue weighted by Gasteiger charge is -2.15. The SMILES string of the molecule is Nc1ncccc1C(O)c1c(F)cccc1Br. The molecule has 3 nitrogen and oxygen atoms in total. The molecule has 2 aromatic rings. The molecule has 0 aliphatic heterocycles. The Balaban J connectivity index is 2.51. The molecule has 0 spiro atoms. The highest BCUT2D eigenvalue weighted by molar-refractivity contribution is 9.10. The molecule has 1 aromatic carbocycles. The predicted octanol–water partition coefficient (Wildman–Crippen LogP) is 2.65. The van der Waals surface area contributed by atoms with Gasteiger partial charge < -0.3 is 10.8 Å². The zero-order valence-corrected chi connectivity index (χ0v) is 10.4. The number of aliphatic hydroxyl groups excluding tert-OH is 1. The van der Waals surface area contributed by atoms with Gasteiger partial charge in [-0.25, -0.2) is 9.37 Å². The van der Waals surface area contributed by atoms with Gasteiger partial charge in [0, 0.05) is 21.8 Å². The van der Waals surface area contributed by atoms with Crippen molar-refractivity contribution in [2.75, 3.05) is 5.73 Å². The van der Waals surface area contributed by atoms with E-state index in [1.807, 2.05) is 0 Å². The van der Waals surface area contributed by atoms with E-state index in [0.717, 1.165) is 0 Å². The first-order valence-corrected chi connectivity index (χ1v) is 5.73. The van der Waals surface area contributed by atoms with Gasteiger partial charge in [-0.05, 0) is 18.2 Å². The summed E-state index contributed by atoms with van der Waals surface area (Å²) in [6.07, 6.45) is 0.376. The van der Waals surface area contributed by atoms with Crippen LogP contribution in [0.1, 0.15) is 17.2 Å². The van der Waals surface area contributed by atoms with Crippen LogP contribution < -0.4 is 5.73 Å². The Hall–Kier alpha value is -1.46. The van der Waals surface area contributed by atoms with Crippen LogP contribution in [0.3, 0.4) is 0 Å². The zero-order valence-electron chi connectivity index (χ0n) is 8.77. The molecule has 0 saturated heterocycles. The lowest BCUT2D eigenvalue weighted by atomic mass is 10.0. The molecule has 0 bridgehead atoms. The van der Waals surface area contributed by atoms with E-state index >= 15 is 0 Å². The Morgan fingerprint density at radius 3 is 2.71 bits per heavy atom. The number of nitrogen functional groups attached to an aromatic ring is 1. The maximum atomic E-state index is 13.7. The number of benzene rings is 1. The molecule has 3 N–H and O–H groups in total. The normalized spacial score (nSPS) is 12.4. The number of anilines is 1. The first-order valence-electron chi connectivity index (χ1n) is 4.93. The Bertz CT molecular complexity index is 528. The van der Waals surface area contributed by atoms with E-state index in [2.05, 4.69) is 20.9 Å². The summed E-state index contributed by atoms with van der Waals surface area (Å²) in [6.45, 7) is 0. The fourth-order valence-corrected chi connectivity index (χ4v) is 2.15. The van der Waals surface area contributed by atoms with Gasteiger partial charge >= 0.3 is 0 Å². The molecule has 17 heavy (non-hydrogen) atoms. The van der Waals surface area contributed by atoms with E-state index in [0.29, 0.717) is 10.0 Å². The minimum atomic E-state index is -1.14. The van der Waals surface area contributed by atoms with Crippen LogP contribution in [0.15, 0.2) is 41.0 Å². The van der Waals surface area contributed by atoms with Crippen molar-refractivity contribution in [3.63, 3.8) is 0 Å². The lowest BCUT2D eigenvalue weighted by Crippen LogP contribution is -2.07. The van der Waals surface area contributed by atoms with Gasteiger partial charge in [0.25, 0.3) is 0 Å². The minimum Gasteiger partial charge on any atom is -0.383 e. The smallest absolute Gasteiger partial charge is 0.130 e. The summed E-state index contributed by atoms with van der Waals surface area (Å²) in [5.74, 6) is -0.301. The fourth-order valence-electron chi connectivity index (χ4n) is 1.59. The summed E-state index contributed by atoms with van der Waals surface area (Å²) in [7, 11) is 0. The molecule has 1 unspecified atom stereocenters. The molecular formula is C12H10BrFN2O. The third-order valence-corrected chi connectivity index (χ3v) is 3.13. The summed E-state index contributed by atoms with van der Waals surface area (Å²) in [6, 6.07) is 7.77. The Morgan fingerprint density at radius 1 is 1.29 bits per heavy atom. The number of halogens is 2. The Kier molecular flexibility index (Phi) is 3.40. The summed E-state index contributed by atoms with van der Waals surface area (Å²) < 4.78 is 14.2. The summed E-state index contributed by atoms with van der Waals surface area (Å²) >= 11 is 3.21. The first-order chi connectivity index (χ1) is 8.11.